The Hall–Kier alpha value is -0.535. The first-order valence-electron chi connectivity index (χ1n) is 5.35. The lowest BCUT2D eigenvalue weighted by Crippen LogP contribution is -2.33. The number of aliphatic hydroxyl groups is 1. The van der Waals surface area contributed by atoms with Crippen LogP contribution in [0.2, 0.25) is 0 Å². The highest BCUT2D eigenvalue weighted by Crippen LogP contribution is 2.34. The van der Waals surface area contributed by atoms with Crippen molar-refractivity contribution in [3.05, 3.63) is 17.4 Å². The zero-order valence-corrected chi connectivity index (χ0v) is 8.85. The lowest BCUT2D eigenvalue weighted by molar-refractivity contribution is -0.0382. The molecule has 2 radical (unpaired) electrons. The van der Waals surface area contributed by atoms with E-state index in [0.29, 0.717) is 6.61 Å². The van der Waals surface area contributed by atoms with Gasteiger partial charge >= 0.3 is 0 Å². The van der Waals surface area contributed by atoms with E-state index >= 15 is 0 Å². The molecule has 4 unspecified atom stereocenters. The Labute approximate surface area is 91.2 Å². The fourth-order valence-electron chi connectivity index (χ4n) is 2.07. The normalized spacial score (nSPS) is 38.1. The van der Waals surface area contributed by atoms with Gasteiger partial charge in [-0.2, -0.15) is 0 Å². The molecular formula is C11H15BO3. The van der Waals surface area contributed by atoms with Crippen LogP contribution in [-0.2, 0) is 9.47 Å². The van der Waals surface area contributed by atoms with Crippen molar-refractivity contribution in [2.45, 2.75) is 31.6 Å². The molecule has 0 spiro atoms. The highest BCUT2D eigenvalue weighted by atomic mass is 16.6. The molecule has 4 heteroatoms. The highest BCUT2D eigenvalue weighted by Gasteiger charge is 2.42. The van der Waals surface area contributed by atoms with Crippen LogP contribution in [0.5, 0.6) is 0 Å². The minimum Gasteiger partial charge on any atom is -0.394 e. The molecule has 1 heterocycles. The molecule has 1 fully saturated rings. The summed E-state index contributed by atoms with van der Waals surface area (Å²) >= 11 is 0. The van der Waals surface area contributed by atoms with E-state index in [1.807, 2.05) is 13.0 Å². The van der Waals surface area contributed by atoms with Gasteiger partial charge in [-0.05, 0) is 19.4 Å². The van der Waals surface area contributed by atoms with E-state index in [2.05, 4.69) is 5.73 Å². The Bertz CT molecular complexity index is 296. The fourth-order valence-corrected chi connectivity index (χ4v) is 2.07. The Kier molecular flexibility index (Phi) is 3.32. The van der Waals surface area contributed by atoms with Gasteiger partial charge in [0.1, 0.15) is 14.0 Å². The maximum atomic E-state index is 9.16. The SMILES string of the molecule is [B]C1OC(CO)C(OCC)C1CC1=C=C1. The molecule has 1 saturated heterocycles. The molecule has 0 saturated carbocycles. The number of rotatable bonds is 5. The van der Waals surface area contributed by atoms with Gasteiger partial charge in [0, 0.05) is 24.1 Å². The highest BCUT2D eigenvalue weighted by molar-refractivity contribution is 6.11. The van der Waals surface area contributed by atoms with Crippen LogP contribution in [0.25, 0.3) is 0 Å². The second kappa shape index (κ2) is 4.54. The maximum Gasteiger partial charge on any atom is 0.109 e. The van der Waals surface area contributed by atoms with Crippen LogP contribution in [0, 0.1) is 5.92 Å². The van der Waals surface area contributed by atoms with E-state index in [9.17, 15) is 0 Å². The summed E-state index contributed by atoms with van der Waals surface area (Å²) in [6.45, 7) is 2.51. The van der Waals surface area contributed by atoms with Gasteiger partial charge in [-0.15, -0.1) is 5.73 Å². The van der Waals surface area contributed by atoms with Crippen LogP contribution in [0.15, 0.2) is 17.4 Å². The average Bonchev–Trinajstić information content (AvgIpc) is 2.98. The lowest BCUT2D eigenvalue weighted by atomic mass is 9.81. The van der Waals surface area contributed by atoms with Crippen molar-refractivity contribution in [1.29, 1.82) is 0 Å². The van der Waals surface area contributed by atoms with E-state index < -0.39 is 0 Å². The quantitative estimate of drug-likeness (QED) is 0.522. The molecule has 1 aliphatic heterocycles. The summed E-state index contributed by atoms with van der Waals surface area (Å²) < 4.78 is 11.1. The second-order valence-corrected chi connectivity index (χ2v) is 3.92. The summed E-state index contributed by atoms with van der Waals surface area (Å²) in [5.74, 6) is 0.128. The van der Waals surface area contributed by atoms with Gasteiger partial charge in [0.25, 0.3) is 0 Å². The third kappa shape index (κ3) is 2.35. The summed E-state index contributed by atoms with van der Waals surface area (Å²) in [5, 5.41) is 9.16. The fraction of sp³-hybridized carbons (Fsp3) is 0.727. The maximum absolute atomic E-state index is 9.16. The Morgan fingerprint density at radius 3 is 2.93 bits per heavy atom. The predicted octanol–water partition coefficient (Wildman–Crippen LogP) is 0.379. The summed E-state index contributed by atoms with van der Waals surface area (Å²) in [4.78, 5) is 0. The van der Waals surface area contributed by atoms with Crippen molar-refractivity contribution in [1.82, 2.24) is 0 Å². The molecule has 0 amide bonds. The molecular weight excluding hydrogens is 191 g/mol. The third-order valence-corrected chi connectivity index (χ3v) is 2.89. The van der Waals surface area contributed by atoms with Crippen LogP contribution >= 0.6 is 0 Å². The van der Waals surface area contributed by atoms with Gasteiger partial charge in [0.2, 0.25) is 0 Å². The molecule has 1 N–H and O–H groups in total. The molecule has 1 aliphatic carbocycles. The van der Waals surface area contributed by atoms with Crippen LogP contribution in [-0.4, -0.2) is 44.4 Å². The lowest BCUT2D eigenvalue weighted by Gasteiger charge is -2.21. The number of ether oxygens (including phenoxy) is 2. The van der Waals surface area contributed by atoms with E-state index in [1.54, 1.807) is 0 Å². The Morgan fingerprint density at radius 1 is 1.67 bits per heavy atom. The summed E-state index contributed by atoms with van der Waals surface area (Å²) in [6, 6.07) is -0.345. The van der Waals surface area contributed by atoms with Crippen LogP contribution < -0.4 is 0 Å². The number of hydrogen-bond donors (Lipinski definition) is 1. The average molecular weight is 206 g/mol. The molecule has 0 aromatic heterocycles. The van der Waals surface area contributed by atoms with E-state index in [4.69, 9.17) is 22.4 Å². The van der Waals surface area contributed by atoms with Crippen molar-refractivity contribution in [3.63, 3.8) is 0 Å². The molecule has 0 aromatic rings. The number of allylic oxidation sites excluding steroid dienone is 1. The van der Waals surface area contributed by atoms with Gasteiger partial charge in [-0.1, -0.05) is 0 Å². The van der Waals surface area contributed by atoms with Gasteiger partial charge in [0.05, 0.1) is 12.7 Å². The molecule has 2 aliphatic rings. The smallest absolute Gasteiger partial charge is 0.109 e. The molecule has 80 valence electrons. The summed E-state index contributed by atoms with van der Waals surface area (Å²) in [6.07, 6.45) is 2.40. The molecule has 3 nitrogen and oxygen atoms in total. The van der Waals surface area contributed by atoms with Gasteiger partial charge in [-0.25, -0.2) is 0 Å². The summed E-state index contributed by atoms with van der Waals surface area (Å²) in [7, 11) is 5.87. The molecule has 15 heavy (non-hydrogen) atoms. The number of aliphatic hydroxyl groups excluding tert-OH is 1. The molecule has 4 atom stereocenters. The second-order valence-electron chi connectivity index (χ2n) is 3.92. The van der Waals surface area contributed by atoms with Crippen LogP contribution in [0.1, 0.15) is 13.3 Å². The topological polar surface area (TPSA) is 38.7 Å². The Balaban J connectivity index is 2.00. The van der Waals surface area contributed by atoms with Gasteiger partial charge in [0.15, 0.2) is 0 Å². The minimum atomic E-state index is -0.345. The largest absolute Gasteiger partial charge is 0.394 e. The monoisotopic (exact) mass is 206 g/mol. The van der Waals surface area contributed by atoms with Gasteiger partial charge < -0.3 is 14.6 Å². The van der Waals surface area contributed by atoms with Crippen molar-refractivity contribution in [2.24, 2.45) is 5.92 Å². The van der Waals surface area contributed by atoms with Crippen molar-refractivity contribution >= 4 is 7.85 Å². The standard InChI is InChI=1S/C11H15BO3/c1-2-14-10-8(5-7-3-4-7)11(12)15-9(10)6-13/h3,8-11,13H,2,5-6H2,1H3. The third-order valence-electron chi connectivity index (χ3n) is 2.89. The molecule has 0 aromatic carbocycles. The first kappa shape index (κ1) is 11.0. The molecule has 0 bridgehead atoms. The molecule has 2 rings (SSSR count). The first-order chi connectivity index (χ1) is 7.26. The van der Waals surface area contributed by atoms with Crippen LogP contribution in [0.4, 0.5) is 0 Å². The van der Waals surface area contributed by atoms with Crippen molar-refractivity contribution in [2.75, 3.05) is 13.2 Å². The van der Waals surface area contributed by atoms with E-state index in [0.717, 1.165) is 6.42 Å². The van der Waals surface area contributed by atoms with E-state index in [-0.39, 0.29) is 30.7 Å². The van der Waals surface area contributed by atoms with Crippen molar-refractivity contribution < 1.29 is 14.6 Å². The van der Waals surface area contributed by atoms with Crippen LogP contribution in [0.3, 0.4) is 0 Å². The van der Waals surface area contributed by atoms with Gasteiger partial charge in [-0.3, -0.25) is 0 Å². The minimum absolute atomic E-state index is 0.0403. The number of hydrogen-bond acceptors (Lipinski definition) is 3. The zero-order valence-electron chi connectivity index (χ0n) is 8.85. The van der Waals surface area contributed by atoms with E-state index in [1.165, 1.54) is 5.57 Å². The predicted molar refractivity (Wildman–Crippen MR) is 56.6 cm³/mol. The van der Waals surface area contributed by atoms with Crippen molar-refractivity contribution in [3.8, 4) is 0 Å². The summed E-state index contributed by atoms with van der Waals surface area (Å²) in [5.41, 5.74) is 4.22. The first-order valence-corrected chi connectivity index (χ1v) is 5.35. The Morgan fingerprint density at radius 2 is 2.40 bits per heavy atom. The zero-order chi connectivity index (χ0) is 10.8.